The summed E-state index contributed by atoms with van der Waals surface area (Å²) in [6.07, 6.45) is 8.89. The van der Waals surface area contributed by atoms with Crippen LogP contribution in [0.3, 0.4) is 0 Å². The summed E-state index contributed by atoms with van der Waals surface area (Å²) < 4.78 is 0. The summed E-state index contributed by atoms with van der Waals surface area (Å²) in [6.45, 7) is 9.09. The molecule has 178 valence electrons. The van der Waals surface area contributed by atoms with Crippen LogP contribution in [0.2, 0.25) is 0 Å². The molecule has 0 saturated heterocycles. The molecule has 0 amide bonds. The summed E-state index contributed by atoms with van der Waals surface area (Å²) in [5.41, 5.74) is 10.9. The number of hydrogen-bond donors (Lipinski definition) is 0. The van der Waals surface area contributed by atoms with Crippen LogP contribution in [-0.4, -0.2) is 6.16 Å². The summed E-state index contributed by atoms with van der Waals surface area (Å²) in [5, 5.41) is 0. The Bertz CT molecular complexity index is 901. The third-order valence-corrected chi connectivity index (χ3v) is 8.90. The Balaban J connectivity index is 0.000000242. The quantitative estimate of drug-likeness (QED) is 0.320. The van der Waals surface area contributed by atoms with Crippen LogP contribution in [0.1, 0.15) is 90.3 Å². The minimum absolute atomic E-state index is 0. The molecule has 0 aromatic heterocycles. The Hall–Kier alpha value is -0.400. The zero-order valence-corrected chi connectivity index (χ0v) is 25.8. The van der Waals surface area contributed by atoms with Crippen LogP contribution < -0.4 is 24.8 Å². The van der Waals surface area contributed by atoms with Crippen LogP contribution in [0.4, 0.5) is 0 Å². The van der Waals surface area contributed by atoms with E-state index in [0.717, 1.165) is 11.8 Å². The van der Waals surface area contributed by atoms with E-state index in [9.17, 15) is 0 Å². The summed E-state index contributed by atoms with van der Waals surface area (Å²) in [4.78, 5) is 0. The molecular weight excluding hydrogens is 539 g/mol. The van der Waals surface area contributed by atoms with Gasteiger partial charge in [-0.1, -0.05) is 78.1 Å². The number of aryl methyl sites for hydroxylation is 4. The van der Waals surface area contributed by atoms with E-state index >= 15 is 0 Å². The first-order valence-electron chi connectivity index (χ1n) is 12.0. The first-order chi connectivity index (χ1) is 15.0. The van der Waals surface area contributed by atoms with Gasteiger partial charge in [-0.3, -0.25) is 0 Å². The molecule has 3 aromatic rings. The van der Waals surface area contributed by atoms with E-state index in [4.69, 9.17) is 0 Å². The van der Waals surface area contributed by atoms with Gasteiger partial charge in [0.15, 0.2) is 0 Å². The van der Waals surface area contributed by atoms with Crippen molar-refractivity contribution in [1.29, 1.82) is 0 Å². The van der Waals surface area contributed by atoms with Crippen molar-refractivity contribution in [1.82, 2.24) is 0 Å². The number of halogens is 2. The van der Waals surface area contributed by atoms with Crippen LogP contribution in [0.25, 0.3) is 0 Å². The van der Waals surface area contributed by atoms with E-state index < -0.39 is 0 Å². The van der Waals surface area contributed by atoms with Crippen LogP contribution in [-0.2, 0) is 42.2 Å². The standard InChI is InChI=1S/2C11H15.C7H8Si.2ClH.Zr/c2*1-8-6-10-5-3-4-9(2)11(10)7-8;8-6-7-4-2-1-3-5-7;;;/h2*6-7,9H,3-5H2,1-2H3;1-5,8H,6H2;2*1H;/q2*-1;;;;+2/p-2. The molecule has 2 aliphatic rings. The first-order valence-corrected chi connectivity index (χ1v) is 17.7. The average Bonchev–Trinajstić information content (AvgIpc) is 3.33. The van der Waals surface area contributed by atoms with Crippen LogP contribution in [0, 0.1) is 13.8 Å². The Morgan fingerprint density at radius 1 is 0.818 bits per heavy atom. The Morgan fingerprint density at radius 3 is 1.67 bits per heavy atom. The second-order valence-corrected chi connectivity index (χ2v) is 13.3. The molecule has 0 radical (unpaired) electrons. The summed E-state index contributed by atoms with van der Waals surface area (Å²) in [6, 6.07) is 21.5. The molecular formula is C29H38Cl2SiZr-2. The molecule has 0 aliphatic heterocycles. The van der Waals surface area contributed by atoms with E-state index in [1.807, 2.05) is 0 Å². The fraction of sp³-hybridized carbons (Fsp3) is 0.448. The normalized spacial score (nSPS) is 18.0. The van der Waals surface area contributed by atoms with E-state index in [1.165, 1.54) is 61.3 Å². The maximum atomic E-state index is 2.36. The molecule has 0 spiro atoms. The van der Waals surface area contributed by atoms with E-state index in [1.54, 1.807) is 45.6 Å². The molecule has 0 saturated carbocycles. The molecule has 0 nitrogen and oxygen atoms in total. The van der Waals surface area contributed by atoms with Gasteiger partial charge in [-0.2, -0.15) is 45.5 Å². The monoisotopic (exact) mass is 574 g/mol. The third kappa shape index (κ3) is 9.29. The molecule has 0 bridgehead atoms. The minimum atomic E-state index is 0. The van der Waals surface area contributed by atoms with Gasteiger partial charge in [0, 0.05) is 0 Å². The van der Waals surface area contributed by atoms with Gasteiger partial charge in [0.25, 0.3) is 0 Å². The molecule has 4 heteroatoms. The van der Waals surface area contributed by atoms with Gasteiger partial charge in [0.05, 0.1) is 0 Å². The summed E-state index contributed by atoms with van der Waals surface area (Å²) in [7, 11) is 0. The summed E-state index contributed by atoms with van der Waals surface area (Å²) in [5.74, 6) is 1.62. The van der Waals surface area contributed by atoms with Gasteiger partial charge in [0.1, 0.15) is 0 Å². The Labute approximate surface area is 230 Å². The molecule has 2 atom stereocenters. The van der Waals surface area contributed by atoms with Crippen molar-refractivity contribution in [3.8, 4) is 0 Å². The SMILES string of the molecule is Cc1cc2c([cH-]1)CCCC2C.Cc1cc2c([cH-]1)CCCC2C.[Cl-].[Cl-].[Zr+2]=[SiH]Cc1ccccc1. The Morgan fingerprint density at radius 2 is 1.27 bits per heavy atom. The van der Waals surface area contributed by atoms with Crippen molar-refractivity contribution in [3.63, 3.8) is 0 Å². The zero-order valence-electron chi connectivity index (χ0n) is 20.6. The molecule has 3 aromatic carbocycles. The van der Waals surface area contributed by atoms with Crippen molar-refractivity contribution < 1.29 is 48.1 Å². The molecule has 2 unspecified atom stereocenters. The predicted octanol–water partition coefficient (Wildman–Crippen LogP) is 1.40. The van der Waals surface area contributed by atoms with Crippen LogP contribution >= 0.6 is 0 Å². The number of benzene rings is 1. The molecule has 0 heterocycles. The van der Waals surface area contributed by atoms with Gasteiger partial charge in [0.2, 0.25) is 0 Å². The second kappa shape index (κ2) is 15.6. The number of fused-ring (bicyclic) bond motifs is 2. The van der Waals surface area contributed by atoms with Crippen molar-refractivity contribution >= 4 is 6.16 Å². The van der Waals surface area contributed by atoms with E-state index in [-0.39, 0.29) is 24.8 Å². The summed E-state index contributed by atoms with van der Waals surface area (Å²) >= 11 is 1.72. The molecule has 0 N–H and O–H groups in total. The van der Waals surface area contributed by atoms with Crippen molar-refractivity contribution in [2.24, 2.45) is 0 Å². The van der Waals surface area contributed by atoms with Crippen LogP contribution in [0.5, 0.6) is 0 Å². The molecule has 2 aliphatic carbocycles. The predicted molar refractivity (Wildman–Crippen MR) is 134 cm³/mol. The van der Waals surface area contributed by atoms with Crippen molar-refractivity contribution in [2.75, 3.05) is 0 Å². The van der Waals surface area contributed by atoms with E-state index in [0.29, 0.717) is 6.16 Å². The van der Waals surface area contributed by atoms with Crippen LogP contribution in [0.15, 0.2) is 54.6 Å². The van der Waals surface area contributed by atoms with Gasteiger partial charge in [-0.05, 0) is 0 Å². The van der Waals surface area contributed by atoms with Gasteiger partial charge >= 0.3 is 71.4 Å². The van der Waals surface area contributed by atoms with Crippen molar-refractivity contribution in [2.45, 2.75) is 84.1 Å². The number of hydrogen-bond acceptors (Lipinski definition) is 0. The fourth-order valence-corrected chi connectivity index (χ4v) is 7.31. The van der Waals surface area contributed by atoms with Gasteiger partial charge in [-0.25, -0.2) is 12.1 Å². The van der Waals surface area contributed by atoms with Gasteiger partial charge in [-0.15, -0.1) is 0 Å². The molecule has 5 rings (SSSR count). The van der Waals surface area contributed by atoms with Crippen molar-refractivity contribution in [3.05, 3.63) is 93.5 Å². The fourth-order valence-electron chi connectivity index (χ4n) is 5.07. The number of rotatable bonds is 2. The second-order valence-electron chi connectivity index (χ2n) is 9.51. The topological polar surface area (TPSA) is 0 Å². The van der Waals surface area contributed by atoms with E-state index in [2.05, 4.69) is 82.3 Å². The third-order valence-electron chi connectivity index (χ3n) is 6.72. The molecule has 0 fully saturated rings. The average molecular weight is 577 g/mol. The maximum absolute atomic E-state index is 2.36. The first kappa shape index (κ1) is 30.6. The zero-order chi connectivity index (χ0) is 22.2. The molecule has 33 heavy (non-hydrogen) atoms. The Kier molecular flexibility index (Phi) is 14.4. The van der Waals surface area contributed by atoms with Gasteiger partial charge < -0.3 is 24.8 Å².